The van der Waals surface area contributed by atoms with Crippen LogP contribution in [0.4, 0.5) is 4.79 Å². The molecular weight excluding hydrogens is 480 g/mol. The Balaban J connectivity index is 1.95. The summed E-state index contributed by atoms with van der Waals surface area (Å²) in [4.78, 5) is 26.9. The van der Waals surface area contributed by atoms with Gasteiger partial charge in [-0.25, -0.2) is 4.79 Å². The smallest absolute Gasteiger partial charge is 0.325 e. The number of rotatable bonds is 5. The lowest BCUT2D eigenvalue weighted by atomic mass is 9.92. The number of methoxy groups -OCH3 is 2. The molecule has 1 atom stereocenters. The van der Waals surface area contributed by atoms with Crippen molar-refractivity contribution in [3.05, 3.63) is 56.5 Å². The molecule has 1 heterocycles. The largest absolute Gasteiger partial charge is 0.496 e. The van der Waals surface area contributed by atoms with E-state index >= 15 is 0 Å². The maximum Gasteiger partial charge on any atom is 0.325 e. The number of hydrogen-bond acceptors (Lipinski definition) is 4. The van der Waals surface area contributed by atoms with Gasteiger partial charge in [0.2, 0.25) is 0 Å². The molecule has 1 saturated heterocycles. The first kappa shape index (κ1) is 19.7. The second-order valence-electron chi connectivity index (χ2n) is 6.26. The van der Waals surface area contributed by atoms with E-state index in [2.05, 4.69) is 37.2 Å². The van der Waals surface area contributed by atoms with Gasteiger partial charge in [0.25, 0.3) is 5.91 Å². The molecule has 2 aromatic rings. The van der Waals surface area contributed by atoms with E-state index in [0.29, 0.717) is 22.6 Å². The lowest BCUT2D eigenvalue weighted by Gasteiger charge is -2.23. The molecule has 0 aromatic heterocycles. The standard InChI is InChI=1S/C19H18Br2N2O4/c1-19(12-5-4-6-13(20)8-12)17(24)23(18(25)22-19)10-11-7-16(27-3)14(21)9-15(11)26-2/h4-9H,10H2,1-3H3,(H,22,25). The second kappa shape index (κ2) is 7.52. The van der Waals surface area contributed by atoms with Crippen LogP contribution in [0.5, 0.6) is 11.5 Å². The number of halogens is 2. The lowest BCUT2D eigenvalue weighted by molar-refractivity contribution is -0.131. The highest BCUT2D eigenvalue weighted by Gasteiger charge is 2.49. The normalized spacial score (nSPS) is 19.2. The molecule has 6 nitrogen and oxygen atoms in total. The molecule has 3 rings (SSSR count). The molecule has 0 spiro atoms. The van der Waals surface area contributed by atoms with Crippen LogP contribution in [0.15, 0.2) is 45.3 Å². The van der Waals surface area contributed by atoms with E-state index in [9.17, 15) is 9.59 Å². The number of imide groups is 1. The van der Waals surface area contributed by atoms with Gasteiger partial charge in [0.15, 0.2) is 0 Å². The van der Waals surface area contributed by atoms with Gasteiger partial charge in [-0.15, -0.1) is 0 Å². The fraction of sp³-hybridized carbons (Fsp3) is 0.263. The topological polar surface area (TPSA) is 67.9 Å². The van der Waals surface area contributed by atoms with Crippen LogP contribution < -0.4 is 14.8 Å². The Labute approximate surface area is 174 Å². The van der Waals surface area contributed by atoms with E-state index in [0.717, 1.165) is 8.95 Å². The molecule has 8 heteroatoms. The summed E-state index contributed by atoms with van der Waals surface area (Å²) in [6.45, 7) is 1.77. The summed E-state index contributed by atoms with van der Waals surface area (Å²) in [6.07, 6.45) is 0. The first-order valence-electron chi connectivity index (χ1n) is 8.10. The van der Waals surface area contributed by atoms with Crippen molar-refractivity contribution in [3.8, 4) is 11.5 Å². The van der Waals surface area contributed by atoms with Gasteiger partial charge in [-0.05, 0) is 52.7 Å². The molecule has 1 aliphatic rings. The lowest BCUT2D eigenvalue weighted by Crippen LogP contribution is -2.40. The molecule has 1 aliphatic heterocycles. The number of nitrogens with zero attached hydrogens (tertiary/aromatic N) is 1. The highest BCUT2D eigenvalue weighted by atomic mass is 79.9. The van der Waals surface area contributed by atoms with E-state index in [1.165, 1.54) is 12.0 Å². The van der Waals surface area contributed by atoms with Gasteiger partial charge in [-0.1, -0.05) is 28.1 Å². The van der Waals surface area contributed by atoms with Crippen molar-refractivity contribution in [2.45, 2.75) is 19.0 Å². The average Bonchev–Trinajstić information content (AvgIpc) is 2.86. The van der Waals surface area contributed by atoms with Gasteiger partial charge in [0.1, 0.15) is 17.0 Å². The number of hydrogen-bond donors (Lipinski definition) is 1. The zero-order chi connectivity index (χ0) is 19.8. The first-order chi connectivity index (χ1) is 12.8. The van der Waals surface area contributed by atoms with E-state index in [-0.39, 0.29) is 12.5 Å². The van der Waals surface area contributed by atoms with Crippen molar-refractivity contribution in [2.75, 3.05) is 14.2 Å². The highest BCUT2D eigenvalue weighted by molar-refractivity contribution is 9.10. The zero-order valence-electron chi connectivity index (χ0n) is 15.0. The fourth-order valence-electron chi connectivity index (χ4n) is 3.05. The fourth-order valence-corrected chi connectivity index (χ4v) is 3.94. The summed E-state index contributed by atoms with van der Waals surface area (Å²) < 4.78 is 12.3. The number of amides is 3. The van der Waals surface area contributed by atoms with E-state index in [1.54, 1.807) is 26.2 Å². The third kappa shape index (κ3) is 3.55. The summed E-state index contributed by atoms with van der Waals surface area (Å²) in [5.74, 6) is 0.821. The van der Waals surface area contributed by atoms with Crippen LogP contribution in [0.25, 0.3) is 0 Å². The van der Waals surface area contributed by atoms with Crippen molar-refractivity contribution in [3.63, 3.8) is 0 Å². The third-order valence-corrected chi connectivity index (χ3v) is 5.67. The quantitative estimate of drug-likeness (QED) is 0.629. The second-order valence-corrected chi connectivity index (χ2v) is 8.03. The SMILES string of the molecule is COc1cc(CN2C(=O)NC(C)(c3cccc(Br)c3)C2=O)c(OC)cc1Br. The van der Waals surface area contributed by atoms with Gasteiger partial charge in [-0.3, -0.25) is 9.69 Å². The van der Waals surface area contributed by atoms with Crippen LogP contribution in [-0.2, 0) is 16.9 Å². The predicted molar refractivity (Wildman–Crippen MR) is 108 cm³/mol. The molecule has 0 radical (unpaired) electrons. The van der Waals surface area contributed by atoms with Crippen molar-refractivity contribution >= 4 is 43.8 Å². The molecule has 27 heavy (non-hydrogen) atoms. The Morgan fingerprint density at radius 3 is 2.41 bits per heavy atom. The molecule has 0 bridgehead atoms. The molecule has 0 aliphatic carbocycles. The molecule has 1 unspecified atom stereocenters. The minimum absolute atomic E-state index is 0.0705. The molecular formula is C19H18Br2N2O4. The van der Waals surface area contributed by atoms with Crippen LogP contribution in [0.3, 0.4) is 0 Å². The Morgan fingerprint density at radius 2 is 1.78 bits per heavy atom. The number of carbonyl (C=O) groups excluding carboxylic acids is 2. The van der Waals surface area contributed by atoms with Crippen LogP contribution in [0.1, 0.15) is 18.1 Å². The zero-order valence-corrected chi connectivity index (χ0v) is 18.2. The molecule has 2 aromatic carbocycles. The molecule has 142 valence electrons. The first-order valence-corrected chi connectivity index (χ1v) is 9.69. The third-order valence-electron chi connectivity index (χ3n) is 4.56. The summed E-state index contributed by atoms with van der Waals surface area (Å²) in [7, 11) is 3.09. The Kier molecular flexibility index (Phi) is 5.48. The van der Waals surface area contributed by atoms with Crippen LogP contribution in [0, 0.1) is 0 Å². The maximum atomic E-state index is 13.1. The minimum Gasteiger partial charge on any atom is -0.496 e. The average molecular weight is 498 g/mol. The van der Waals surface area contributed by atoms with Gasteiger partial charge in [0.05, 0.1) is 25.2 Å². The molecule has 1 fully saturated rings. The molecule has 0 saturated carbocycles. The van der Waals surface area contributed by atoms with Crippen LogP contribution >= 0.6 is 31.9 Å². The van der Waals surface area contributed by atoms with Gasteiger partial charge >= 0.3 is 6.03 Å². The summed E-state index contributed by atoms with van der Waals surface area (Å²) in [5.41, 5.74) is 0.241. The van der Waals surface area contributed by atoms with Crippen molar-refractivity contribution in [2.24, 2.45) is 0 Å². The molecule has 1 N–H and O–H groups in total. The van der Waals surface area contributed by atoms with Gasteiger partial charge < -0.3 is 14.8 Å². The number of nitrogens with one attached hydrogen (secondary N) is 1. The van der Waals surface area contributed by atoms with Crippen molar-refractivity contribution < 1.29 is 19.1 Å². The number of ether oxygens (including phenoxy) is 2. The van der Waals surface area contributed by atoms with Crippen LogP contribution in [-0.4, -0.2) is 31.1 Å². The van der Waals surface area contributed by atoms with Crippen molar-refractivity contribution in [1.29, 1.82) is 0 Å². The summed E-state index contributed by atoms with van der Waals surface area (Å²) >= 11 is 6.81. The van der Waals surface area contributed by atoms with Crippen LogP contribution in [0.2, 0.25) is 0 Å². The minimum atomic E-state index is -1.13. The van der Waals surface area contributed by atoms with E-state index in [4.69, 9.17) is 9.47 Å². The van der Waals surface area contributed by atoms with E-state index < -0.39 is 11.6 Å². The number of urea groups is 1. The number of carbonyl (C=O) groups is 2. The monoisotopic (exact) mass is 496 g/mol. The van der Waals surface area contributed by atoms with E-state index in [1.807, 2.05) is 24.3 Å². The Morgan fingerprint density at radius 1 is 1.07 bits per heavy atom. The van der Waals surface area contributed by atoms with Gasteiger partial charge in [0, 0.05) is 10.0 Å². The maximum absolute atomic E-state index is 13.1. The Bertz CT molecular complexity index is 919. The Hall–Kier alpha value is -2.06. The highest BCUT2D eigenvalue weighted by Crippen LogP contribution is 2.36. The van der Waals surface area contributed by atoms with Gasteiger partial charge in [-0.2, -0.15) is 0 Å². The summed E-state index contributed by atoms with van der Waals surface area (Å²) in [6, 6.07) is 10.4. The summed E-state index contributed by atoms with van der Waals surface area (Å²) in [5, 5.41) is 2.81. The molecule has 3 amide bonds. The predicted octanol–water partition coefficient (Wildman–Crippen LogP) is 4.20. The van der Waals surface area contributed by atoms with Crippen molar-refractivity contribution in [1.82, 2.24) is 10.2 Å². The number of benzene rings is 2.